The highest BCUT2D eigenvalue weighted by Crippen LogP contribution is 2.25. The van der Waals surface area contributed by atoms with Gasteiger partial charge in [-0.25, -0.2) is 0 Å². The fraction of sp³-hybridized carbons (Fsp3) is 0.188. The summed E-state index contributed by atoms with van der Waals surface area (Å²) >= 11 is 13.6. The van der Waals surface area contributed by atoms with E-state index in [1.807, 2.05) is 18.2 Å². The van der Waals surface area contributed by atoms with Gasteiger partial charge in [-0.05, 0) is 42.5 Å². The number of nitrogens with one attached hydrogen (secondary N) is 1. The van der Waals surface area contributed by atoms with E-state index in [-0.39, 0.29) is 5.91 Å². The molecule has 5 heteroatoms. The van der Waals surface area contributed by atoms with Crippen molar-refractivity contribution in [3.63, 3.8) is 0 Å². The number of thioether (sulfide) groups is 1. The molecule has 0 aromatic heterocycles. The molecule has 0 fully saturated rings. The molecule has 0 unspecified atom stereocenters. The molecule has 0 aliphatic heterocycles. The van der Waals surface area contributed by atoms with Gasteiger partial charge in [-0.1, -0.05) is 41.4 Å². The Balaban J connectivity index is 1.74. The number of benzene rings is 2. The van der Waals surface area contributed by atoms with E-state index in [9.17, 15) is 4.79 Å². The second-order valence-corrected chi connectivity index (χ2v) is 6.45. The first-order valence-electron chi connectivity index (χ1n) is 6.58. The van der Waals surface area contributed by atoms with Gasteiger partial charge in [0.25, 0.3) is 0 Å². The number of anilines is 1. The van der Waals surface area contributed by atoms with E-state index in [4.69, 9.17) is 23.2 Å². The number of rotatable bonds is 6. The van der Waals surface area contributed by atoms with Crippen LogP contribution in [-0.2, 0) is 4.79 Å². The Bertz CT molecular complexity index is 604. The first-order chi connectivity index (χ1) is 10.1. The minimum Gasteiger partial charge on any atom is -0.325 e. The minimum atomic E-state index is -0.0483. The molecule has 0 heterocycles. The molecule has 1 amide bonds. The predicted octanol–water partition coefficient (Wildman–Crippen LogP) is 5.50. The summed E-state index contributed by atoms with van der Waals surface area (Å²) in [6, 6.07) is 15.2. The Hall–Kier alpha value is -1.16. The molecule has 110 valence electrons. The fourth-order valence-corrected chi connectivity index (χ4v) is 2.96. The van der Waals surface area contributed by atoms with Crippen LogP contribution in [0.2, 0.25) is 10.0 Å². The van der Waals surface area contributed by atoms with Crippen LogP contribution in [0.5, 0.6) is 0 Å². The lowest BCUT2D eigenvalue weighted by molar-refractivity contribution is -0.116. The van der Waals surface area contributed by atoms with Crippen molar-refractivity contribution in [1.29, 1.82) is 0 Å². The topological polar surface area (TPSA) is 29.1 Å². The summed E-state index contributed by atoms with van der Waals surface area (Å²) in [5.74, 6) is 0.855. The van der Waals surface area contributed by atoms with E-state index < -0.39 is 0 Å². The number of amides is 1. The quantitative estimate of drug-likeness (QED) is 0.555. The Kier molecular flexibility index (Phi) is 6.43. The molecule has 0 saturated heterocycles. The number of carbonyl (C=O) groups excluding carboxylic acids is 1. The average Bonchev–Trinajstić information content (AvgIpc) is 2.48. The van der Waals surface area contributed by atoms with Crippen LogP contribution in [0.4, 0.5) is 5.69 Å². The highest BCUT2D eigenvalue weighted by atomic mass is 35.5. The highest BCUT2D eigenvalue weighted by molar-refractivity contribution is 7.99. The summed E-state index contributed by atoms with van der Waals surface area (Å²) in [6.07, 6.45) is 1.27. The van der Waals surface area contributed by atoms with Crippen LogP contribution in [0.3, 0.4) is 0 Å². The zero-order valence-corrected chi connectivity index (χ0v) is 13.6. The van der Waals surface area contributed by atoms with Gasteiger partial charge in [-0.3, -0.25) is 4.79 Å². The predicted molar refractivity (Wildman–Crippen MR) is 91.5 cm³/mol. The third-order valence-electron chi connectivity index (χ3n) is 2.76. The fourth-order valence-electron chi connectivity index (χ4n) is 1.75. The molecule has 2 nitrogen and oxygen atoms in total. The number of hydrogen-bond acceptors (Lipinski definition) is 2. The van der Waals surface area contributed by atoms with E-state index in [0.717, 1.165) is 12.2 Å². The molecule has 2 aromatic carbocycles. The molecule has 0 aliphatic carbocycles. The normalized spacial score (nSPS) is 10.4. The maximum atomic E-state index is 11.9. The molecule has 0 saturated carbocycles. The summed E-state index contributed by atoms with van der Waals surface area (Å²) < 4.78 is 0. The highest BCUT2D eigenvalue weighted by Gasteiger charge is 2.06. The van der Waals surface area contributed by atoms with Crippen LogP contribution >= 0.6 is 35.0 Å². The summed E-state index contributed by atoms with van der Waals surface area (Å²) in [7, 11) is 0. The number of halogens is 2. The molecular formula is C16H15Cl2NOS. The van der Waals surface area contributed by atoms with Crippen LogP contribution in [-0.4, -0.2) is 11.7 Å². The molecule has 2 aromatic rings. The van der Waals surface area contributed by atoms with Gasteiger partial charge in [0.1, 0.15) is 0 Å². The molecule has 0 bridgehead atoms. The first kappa shape index (κ1) is 16.2. The van der Waals surface area contributed by atoms with Gasteiger partial charge in [-0.2, -0.15) is 0 Å². The van der Waals surface area contributed by atoms with Crippen LogP contribution in [0.15, 0.2) is 53.4 Å². The molecule has 0 aliphatic rings. The third-order valence-corrected chi connectivity index (χ3v) is 4.43. The number of hydrogen-bond donors (Lipinski definition) is 1. The smallest absolute Gasteiger partial charge is 0.224 e. The molecule has 2 rings (SSSR count). The van der Waals surface area contributed by atoms with E-state index in [1.165, 1.54) is 4.90 Å². The van der Waals surface area contributed by atoms with Crippen LogP contribution < -0.4 is 5.32 Å². The van der Waals surface area contributed by atoms with Crippen molar-refractivity contribution < 1.29 is 4.79 Å². The summed E-state index contributed by atoms with van der Waals surface area (Å²) in [5, 5.41) is 3.83. The van der Waals surface area contributed by atoms with Crippen LogP contribution in [0.1, 0.15) is 12.8 Å². The second kappa shape index (κ2) is 8.32. The lowest BCUT2D eigenvalue weighted by Crippen LogP contribution is -2.11. The van der Waals surface area contributed by atoms with Crippen molar-refractivity contribution >= 4 is 46.6 Å². The average molecular weight is 340 g/mol. The van der Waals surface area contributed by atoms with Crippen LogP contribution in [0.25, 0.3) is 0 Å². The first-order valence-corrected chi connectivity index (χ1v) is 8.32. The number of carbonyl (C=O) groups is 1. The Morgan fingerprint density at radius 3 is 2.62 bits per heavy atom. The van der Waals surface area contributed by atoms with Crippen LogP contribution in [0, 0.1) is 0 Å². The van der Waals surface area contributed by atoms with E-state index >= 15 is 0 Å². The minimum absolute atomic E-state index is 0.0483. The summed E-state index contributed by atoms with van der Waals surface area (Å²) in [4.78, 5) is 13.1. The molecule has 0 atom stereocenters. The standard InChI is InChI=1S/C16H15Cl2NOS/c17-12-8-9-14(18)15(11-12)19-16(20)7-4-10-21-13-5-2-1-3-6-13/h1-3,5-6,8-9,11H,4,7,10H2,(H,19,20). The molecule has 0 spiro atoms. The van der Waals surface area contributed by atoms with Gasteiger partial charge in [0, 0.05) is 16.3 Å². The summed E-state index contributed by atoms with van der Waals surface area (Å²) in [6.45, 7) is 0. The van der Waals surface area contributed by atoms with Gasteiger partial charge >= 0.3 is 0 Å². The molecule has 21 heavy (non-hydrogen) atoms. The largest absolute Gasteiger partial charge is 0.325 e. The monoisotopic (exact) mass is 339 g/mol. The maximum absolute atomic E-state index is 11.9. The summed E-state index contributed by atoms with van der Waals surface area (Å²) in [5.41, 5.74) is 0.560. The zero-order chi connectivity index (χ0) is 15.1. The van der Waals surface area contributed by atoms with Crippen molar-refractivity contribution in [3.05, 3.63) is 58.6 Å². The Morgan fingerprint density at radius 1 is 1.10 bits per heavy atom. The van der Waals surface area contributed by atoms with E-state index in [1.54, 1.807) is 30.0 Å². The lowest BCUT2D eigenvalue weighted by atomic mass is 10.3. The van der Waals surface area contributed by atoms with Gasteiger partial charge in [0.05, 0.1) is 10.7 Å². The van der Waals surface area contributed by atoms with Gasteiger partial charge in [-0.15, -0.1) is 11.8 Å². The van der Waals surface area contributed by atoms with Crippen molar-refractivity contribution in [2.75, 3.05) is 11.1 Å². The SMILES string of the molecule is O=C(CCCSc1ccccc1)Nc1cc(Cl)ccc1Cl. The van der Waals surface area contributed by atoms with Gasteiger partial charge in [0.2, 0.25) is 5.91 Å². The van der Waals surface area contributed by atoms with Gasteiger partial charge < -0.3 is 5.32 Å². The van der Waals surface area contributed by atoms with Crippen molar-refractivity contribution in [2.24, 2.45) is 0 Å². The lowest BCUT2D eigenvalue weighted by Gasteiger charge is -2.07. The zero-order valence-electron chi connectivity index (χ0n) is 11.3. The van der Waals surface area contributed by atoms with Crippen molar-refractivity contribution in [3.8, 4) is 0 Å². The van der Waals surface area contributed by atoms with Gasteiger partial charge in [0.15, 0.2) is 0 Å². The third kappa shape index (κ3) is 5.62. The van der Waals surface area contributed by atoms with E-state index in [2.05, 4.69) is 17.4 Å². The maximum Gasteiger partial charge on any atom is 0.224 e. The Morgan fingerprint density at radius 2 is 1.86 bits per heavy atom. The molecule has 0 radical (unpaired) electrons. The van der Waals surface area contributed by atoms with Crippen molar-refractivity contribution in [1.82, 2.24) is 0 Å². The van der Waals surface area contributed by atoms with E-state index in [0.29, 0.717) is 22.2 Å². The molecule has 1 N–H and O–H groups in total. The Labute approximate surface area is 138 Å². The second-order valence-electron chi connectivity index (χ2n) is 4.44. The molecular weight excluding hydrogens is 325 g/mol. The van der Waals surface area contributed by atoms with Crippen molar-refractivity contribution in [2.45, 2.75) is 17.7 Å².